The van der Waals surface area contributed by atoms with Gasteiger partial charge >= 0.3 is 0 Å². The van der Waals surface area contributed by atoms with Crippen molar-refractivity contribution in [3.63, 3.8) is 0 Å². The highest BCUT2D eigenvalue weighted by molar-refractivity contribution is 7.16. The number of hydrogen-bond acceptors (Lipinski definition) is 5. The van der Waals surface area contributed by atoms with Crippen LogP contribution in [0.15, 0.2) is 17.6 Å². The van der Waals surface area contributed by atoms with Gasteiger partial charge in [0.05, 0.1) is 0 Å². The van der Waals surface area contributed by atoms with Crippen molar-refractivity contribution in [2.24, 2.45) is 11.7 Å². The van der Waals surface area contributed by atoms with Crippen LogP contribution in [0.2, 0.25) is 0 Å². The summed E-state index contributed by atoms with van der Waals surface area (Å²) >= 11 is 1.63. The van der Waals surface area contributed by atoms with Crippen LogP contribution >= 0.6 is 11.3 Å². The summed E-state index contributed by atoms with van der Waals surface area (Å²) in [6, 6.07) is 2.03. The van der Waals surface area contributed by atoms with E-state index in [-0.39, 0.29) is 5.54 Å². The van der Waals surface area contributed by atoms with E-state index in [2.05, 4.69) is 36.1 Å². The van der Waals surface area contributed by atoms with Gasteiger partial charge in [0.25, 0.3) is 0 Å². The Morgan fingerprint density at radius 2 is 2.28 bits per heavy atom. The van der Waals surface area contributed by atoms with E-state index >= 15 is 0 Å². The van der Waals surface area contributed by atoms with Crippen molar-refractivity contribution in [2.45, 2.75) is 32.7 Å². The average molecular weight is 264 g/mol. The van der Waals surface area contributed by atoms with Gasteiger partial charge in [-0.1, -0.05) is 13.8 Å². The molecule has 18 heavy (non-hydrogen) atoms. The molecule has 5 heteroatoms. The highest BCUT2D eigenvalue weighted by Crippen LogP contribution is 2.22. The Labute approximate surface area is 112 Å². The lowest BCUT2D eigenvalue weighted by molar-refractivity contribution is 0.405. The number of anilines is 1. The number of rotatable bonds is 5. The molecule has 1 atom stereocenters. The van der Waals surface area contributed by atoms with Gasteiger partial charge in [-0.25, -0.2) is 9.97 Å². The summed E-state index contributed by atoms with van der Waals surface area (Å²) in [5.41, 5.74) is 5.73. The third-order valence-corrected chi connectivity index (χ3v) is 3.75. The van der Waals surface area contributed by atoms with E-state index in [1.54, 1.807) is 11.3 Å². The lowest BCUT2D eigenvalue weighted by atomic mass is 9.91. The van der Waals surface area contributed by atoms with Crippen molar-refractivity contribution < 1.29 is 0 Å². The maximum Gasteiger partial charge on any atom is 0.224 e. The SMILES string of the molecule is CC(C)CC(C)(CN)Nc1ncc2ccsc2n1. The van der Waals surface area contributed by atoms with Gasteiger partial charge in [-0.2, -0.15) is 0 Å². The van der Waals surface area contributed by atoms with Gasteiger partial charge < -0.3 is 11.1 Å². The van der Waals surface area contributed by atoms with Crippen molar-refractivity contribution in [1.29, 1.82) is 0 Å². The quantitative estimate of drug-likeness (QED) is 0.871. The molecule has 0 spiro atoms. The fourth-order valence-corrected chi connectivity index (χ4v) is 2.91. The van der Waals surface area contributed by atoms with E-state index in [0.29, 0.717) is 18.4 Å². The van der Waals surface area contributed by atoms with Crippen molar-refractivity contribution in [3.8, 4) is 0 Å². The molecule has 4 nitrogen and oxygen atoms in total. The fraction of sp³-hybridized carbons (Fsp3) is 0.538. The lowest BCUT2D eigenvalue weighted by Gasteiger charge is -2.31. The third kappa shape index (κ3) is 2.97. The molecule has 0 fully saturated rings. The zero-order chi connectivity index (χ0) is 13.2. The van der Waals surface area contributed by atoms with Crippen LogP contribution in [0.5, 0.6) is 0 Å². The highest BCUT2D eigenvalue weighted by atomic mass is 32.1. The Morgan fingerprint density at radius 1 is 1.50 bits per heavy atom. The van der Waals surface area contributed by atoms with Crippen molar-refractivity contribution in [1.82, 2.24) is 9.97 Å². The second-order valence-electron chi connectivity index (χ2n) is 5.36. The largest absolute Gasteiger partial charge is 0.348 e. The third-order valence-electron chi connectivity index (χ3n) is 2.93. The zero-order valence-corrected chi connectivity index (χ0v) is 11.9. The molecule has 0 bridgehead atoms. The molecule has 2 aromatic rings. The molecule has 1 unspecified atom stereocenters. The van der Waals surface area contributed by atoms with Crippen LogP contribution in [0, 0.1) is 5.92 Å². The molecular weight excluding hydrogens is 244 g/mol. The predicted octanol–water partition coefficient (Wildman–Crippen LogP) is 2.87. The Morgan fingerprint density at radius 3 is 2.94 bits per heavy atom. The molecule has 0 aliphatic heterocycles. The van der Waals surface area contributed by atoms with Crippen LogP contribution in [0.25, 0.3) is 10.2 Å². The van der Waals surface area contributed by atoms with Crippen molar-refractivity contribution >= 4 is 27.5 Å². The molecule has 0 amide bonds. The smallest absolute Gasteiger partial charge is 0.224 e. The summed E-state index contributed by atoms with van der Waals surface area (Å²) in [6.07, 6.45) is 2.85. The first-order valence-electron chi connectivity index (χ1n) is 6.21. The maximum absolute atomic E-state index is 5.88. The minimum absolute atomic E-state index is 0.154. The van der Waals surface area contributed by atoms with Crippen molar-refractivity contribution in [2.75, 3.05) is 11.9 Å². The number of nitrogens with one attached hydrogen (secondary N) is 1. The topological polar surface area (TPSA) is 63.8 Å². The number of hydrogen-bond donors (Lipinski definition) is 2. The molecule has 0 radical (unpaired) electrons. The van der Waals surface area contributed by atoms with E-state index in [9.17, 15) is 0 Å². The van der Waals surface area contributed by atoms with Gasteiger partial charge in [-0.3, -0.25) is 0 Å². The van der Waals surface area contributed by atoms with E-state index in [1.165, 1.54) is 0 Å². The molecule has 0 saturated heterocycles. The molecular formula is C13H20N4S. The summed E-state index contributed by atoms with van der Waals surface area (Å²) < 4.78 is 0. The average Bonchev–Trinajstić information content (AvgIpc) is 2.75. The normalized spacial score (nSPS) is 14.9. The number of nitrogens with zero attached hydrogens (tertiary/aromatic N) is 2. The number of nitrogens with two attached hydrogens (primary N) is 1. The molecule has 0 saturated carbocycles. The Hall–Kier alpha value is -1.20. The van der Waals surface area contributed by atoms with Gasteiger partial charge in [0.15, 0.2) is 0 Å². The van der Waals surface area contributed by atoms with Crippen LogP contribution in [0.4, 0.5) is 5.95 Å². The van der Waals surface area contributed by atoms with E-state index in [0.717, 1.165) is 16.6 Å². The summed E-state index contributed by atoms with van der Waals surface area (Å²) in [5, 5.41) is 6.49. The van der Waals surface area contributed by atoms with Gasteiger partial charge in [0.2, 0.25) is 5.95 Å². The first-order chi connectivity index (χ1) is 8.52. The molecule has 0 aliphatic carbocycles. The number of fused-ring (bicyclic) bond motifs is 1. The Kier molecular flexibility index (Phi) is 3.82. The van der Waals surface area contributed by atoms with Gasteiger partial charge in [0.1, 0.15) is 4.83 Å². The first-order valence-corrected chi connectivity index (χ1v) is 7.09. The van der Waals surface area contributed by atoms with Crippen LogP contribution in [0.3, 0.4) is 0 Å². The Bertz CT molecular complexity index is 522. The standard InChI is InChI=1S/C13H20N4S/c1-9(2)6-13(3,8-14)17-12-15-7-10-4-5-18-11(10)16-12/h4-5,7,9H,6,8,14H2,1-3H3,(H,15,16,17). The molecule has 2 rings (SSSR count). The first kappa shape index (κ1) is 13.2. The van der Waals surface area contributed by atoms with Crippen LogP contribution in [-0.4, -0.2) is 22.1 Å². The minimum Gasteiger partial charge on any atom is -0.348 e. The summed E-state index contributed by atoms with van der Waals surface area (Å²) in [5.74, 6) is 1.25. The lowest BCUT2D eigenvalue weighted by Crippen LogP contribution is -2.44. The number of aromatic nitrogens is 2. The van der Waals surface area contributed by atoms with E-state index in [1.807, 2.05) is 17.6 Å². The Balaban J connectivity index is 2.20. The van der Waals surface area contributed by atoms with Crippen molar-refractivity contribution in [3.05, 3.63) is 17.6 Å². The zero-order valence-electron chi connectivity index (χ0n) is 11.1. The predicted molar refractivity (Wildman–Crippen MR) is 78.0 cm³/mol. The highest BCUT2D eigenvalue weighted by Gasteiger charge is 2.24. The molecule has 2 heterocycles. The number of thiophene rings is 1. The van der Waals surface area contributed by atoms with E-state index in [4.69, 9.17) is 5.73 Å². The van der Waals surface area contributed by atoms with E-state index < -0.39 is 0 Å². The second-order valence-corrected chi connectivity index (χ2v) is 6.26. The molecule has 0 aliphatic rings. The monoisotopic (exact) mass is 264 g/mol. The minimum atomic E-state index is -0.154. The molecule has 0 aromatic carbocycles. The van der Waals surface area contributed by atoms with Gasteiger partial charge in [0, 0.05) is 23.7 Å². The van der Waals surface area contributed by atoms with Gasteiger partial charge in [-0.15, -0.1) is 11.3 Å². The fourth-order valence-electron chi connectivity index (χ4n) is 2.17. The molecule has 98 valence electrons. The second kappa shape index (κ2) is 5.20. The van der Waals surface area contributed by atoms with Crippen LogP contribution in [0.1, 0.15) is 27.2 Å². The maximum atomic E-state index is 5.88. The molecule has 2 aromatic heterocycles. The summed E-state index contributed by atoms with van der Waals surface area (Å²) in [6.45, 7) is 7.07. The molecule has 3 N–H and O–H groups in total. The van der Waals surface area contributed by atoms with Gasteiger partial charge in [-0.05, 0) is 30.7 Å². The summed E-state index contributed by atoms with van der Waals surface area (Å²) in [7, 11) is 0. The summed E-state index contributed by atoms with van der Waals surface area (Å²) in [4.78, 5) is 9.88. The van der Waals surface area contributed by atoms with Crippen LogP contribution in [-0.2, 0) is 0 Å². The van der Waals surface area contributed by atoms with Crippen LogP contribution < -0.4 is 11.1 Å².